The average molecular weight is 470 g/mol. The Labute approximate surface area is 203 Å². The van der Waals surface area contributed by atoms with E-state index in [1.165, 1.54) is 0 Å². The van der Waals surface area contributed by atoms with Crippen molar-refractivity contribution in [3.8, 4) is 11.4 Å². The van der Waals surface area contributed by atoms with Gasteiger partial charge in [-0.15, -0.1) is 0 Å². The van der Waals surface area contributed by atoms with Crippen LogP contribution in [0.3, 0.4) is 0 Å². The molecule has 178 valence electrons. The van der Waals surface area contributed by atoms with Crippen molar-refractivity contribution in [1.82, 2.24) is 30.2 Å². The van der Waals surface area contributed by atoms with E-state index in [1.54, 1.807) is 18.6 Å². The maximum absolute atomic E-state index is 5.47. The number of fused-ring (bicyclic) bond motifs is 1. The van der Waals surface area contributed by atoms with Gasteiger partial charge in [0.1, 0.15) is 17.5 Å². The van der Waals surface area contributed by atoms with E-state index in [0.717, 1.165) is 79.6 Å². The van der Waals surface area contributed by atoms with Gasteiger partial charge < -0.3 is 25.6 Å². The molecule has 0 saturated carbocycles. The molecular formula is C25H27N9O. The fourth-order valence-corrected chi connectivity index (χ4v) is 4.47. The summed E-state index contributed by atoms with van der Waals surface area (Å²) >= 11 is 0. The zero-order valence-corrected chi connectivity index (χ0v) is 19.3. The van der Waals surface area contributed by atoms with E-state index >= 15 is 0 Å². The summed E-state index contributed by atoms with van der Waals surface area (Å²) in [7, 11) is 0. The lowest BCUT2D eigenvalue weighted by molar-refractivity contribution is 0.122. The van der Waals surface area contributed by atoms with Crippen molar-refractivity contribution in [2.24, 2.45) is 0 Å². The molecule has 6 rings (SSSR count). The quantitative estimate of drug-likeness (QED) is 0.390. The highest BCUT2D eigenvalue weighted by molar-refractivity contribution is 5.90. The van der Waals surface area contributed by atoms with Crippen LogP contribution in [0, 0.1) is 0 Å². The van der Waals surface area contributed by atoms with E-state index < -0.39 is 0 Å². The van der Waals surface area contributed by atoms with Gasteiger partial charge in [0.15, 0.2) is 5.82 Å². The number of pyridine rings is 3. The second kappa shape index (κ2) is 9.77. The van der Waals surface area contributed by atoms with Gasteiger partial charge in [0, 0.05) is 67.0 Å². The van der Waals surface area contributed by atoms with Gasteiger partial charge in [0.05, 0.1) is 24.9 Å². The Kier molecular flexibility index (Phi) is 6.04. The molecule has 4 aromatic rings. The first kappa shape index (κ1) is 21.6. The summed E-state index contributed by atoms with van der Waals surface area (Å²) in [6.07, 6.45) is 8.18. The van der Waals surface area contributed by atoms with Crippen LogP contribution in [0.2, 0.25) is 0 Å². The van der Waals surface area contributed by atoms with Gasteiger partial charge in [-0.1, -0.05) is 0 Å². The minimum absolute atomic E-state index is 0.341. The molecule has 0 amide bonds. The van der Waals surface area contributed by atoms with E-state index in [1.807, 2.05) is 36.5 Å². The van der Waals surface area contributed by atoms with Crippen molar-refractivity contribution in [2.45, 2.75) is 12.5 Å². The highest BCUT2D eigenvalue weighted by atomic mass is 16.5. The smallest absolute Gasteiger partial charge is 0.162 e. The fourth-order valence-electron chi connectivity index (χ4n) is 4.47. The highest BCUT2D eigenvalue weighted by Gasteiger charge is 2.18. The summed E-state index contributed by atoms with van der Waals surface area (Å²) < 4.78 is 5.47. The summed E-state index contributed by atoms with van der Waals surface area (Å²) in [4.78, 5) is 25.2. The number of anilines is 4. The van der Waals surface area contributed by atoms with Crippen LogP contribution in [0.1, 0.15) is 6.42 Å². The third-order valence-corrected chi connectivity index (χ3v) is 6.29. The van der Waals surface area contributed by atoms with E-state index in [-0.39, 0.29) is 0 Å². The SMILES string of the molecule is c1cc2c(N[C@@H]3CCNC3)nc(-c3ccnc(Nc4cc(N5CCOCC5)ccn4)c3)nc2cn1. The number of morpholine rings is 1. The van der Waals surface area contributed by atoms with Crippen molar-refractivity contribution in [3.05, 3.63) is 55.1 Å². The maximum Gasteiger partial charge on any atom is 0.162 e. The zero-order chi connectivity index (χ0) is 23.5. The second-order valence-corrected chi connectivity index (χ2v) is 8.68. The van der Waals surface area contributed by atoms with E-state index in [4.69, 9.17) is 14.7 Å². The number of nitrogens with zero attached hydrogens (tertiary/aromatic N) is 6. The standard InChI is InChI=1S/C25H27N9O/c1-7-28-22(32-23-14-19(3-8-29-23)34-9-11-35-12-10-34)13-17(1)24-31-21-16-27-6-4-20(21)25(33-24)30-18-2-5-26-15-18/h1,3-4,6-8,13-14,16,18,26H,2,5,9-12,15H2,(H,28,29,32)(H,30,31,33)/t18-/m1/s1. The third kappa shape index (κ3) is 4.84. The fraction of sp³-hybridized carbons (Fsp3) is 0.320. The predicted octanol–water partition coefficient (Wildman–Crippen LogP) is 2.84. The molecule has 0 aromatic carbocycles. The van der Waals surface area contributed by atoms with Crippen LogP contribution >= 0.6 is 0 Å². The summed E-state index contributed by atoms with van der Waals surface area (Å²) in [5, 5.41) is 11.3. The maximum atomic E-state index is 5.47. The second-order valence-electron chi connectivity index (χ2n) is 8.68. The molecule has 3 N–H and O–H groups in total. The summed E-state index contributed by atoms with van der Waals surface area (Å²) in [6, 6.07) is 10.2. The molecule has 4 aromatic heterocycles. The number of nitrogens with one attached hydrogen (secondary N) is 3. The van der Waals surface area contributed by atoms with Crippen LogP contribution in [0.5, 0.6) is 0 Å². The minimum atomic E-state index is 0.341. The molecule has 2 aliphatic rings. The number of hydrogen-bond acceptors (Lipinski definition) is 10. The van der Waals surface area contributed by atoms with Crippen molar-refractivity contribution in [1.29, 1.82) is 0 Å². The first-order valence-corrected chi connectivity index (χ1v) is 11.9. The molecule has 0 bridgehead atoms. The van der Waals surface area contributed by atoms with Gasteiger partial charge >= 0.3 is 0 Å². The Hall–Kier alpha value is -3.89. The normalized spacial score (nSPS) is 18.1. The zero-order valence-electron chi connectivity index (χ0n) is 19.3. The van der Waals surface area contributed by atoms with Crippen molar-refractivity contribution < 1.29 is 4.74 Å². The lowest BCUT2D eigenvalue weighted by Gasteiger charge is -2.28. The van der Waals surface area contributed by atoms with Crippen LogP contribution in [0.25, 0.3) is 22.3 Å². The molecule has 10 heteroatoms. The Bertz CT molecular complexity index is 1320. The van der Waals surface area contributed by atoms with Gasteiger partial charge in [-0.2, -0.15) is 0 Å². The van der Waals surface area contributed by atoms with Crippen LogP contribution < -0.4 is 20.9 Å². The Morgan fingerprint density at radius 1 is 0.971 bits per heavy atom. The Morgan fingerprint density at radius 3 is 2.69 bits per heavy atom. The molecule has 2 fully saturated rings. The molecular weight excluding hydrogens is 442 g/mol. The largest absolute Gasteiger partial charge is 0.378 e. The average Bonchev–Trinajstić information content (AvgIpc) is 3.43. The monoisotopic (exact) mass is 469 g/mol. The molecule has 10 nitrogen and oxygen atoms in total. The van der Waals surface area contributed by atoms with Crippen molar-refractivity contribution in [2.75, 3.05) is 54.9 Å². The van der Waals surface area contributed by atoms with Gasteiger partial charge in [-0.25, -0.2) is 19.9 Å². The molecule has 0 aliphatic carbocycles. The van der Waals surface area contributed by atoms with Gasteiger partial charge in [-0.3, -0.25) is 4.98 Å². The molecule has 0 unspecified atom stereocenters. The molecule has 0 radical (unpaired) electrons. The van der Waals surface area contributed by atoms with Gasteiger partial charge in [0.25, 0.3) is 0 Å². The summed E-state index contributed by atoms with van der Waals surface area (Å²) in [5.74, 6) is 2.86. The number of rotatable bonds is 6. The lowest BCUT2D eigenvalue weighted by atomic mass is 10.2. The van der Waals surface area contributed by atoms with Crippen LogP contribution in [-0.4, -0.2) is 70.4 Å². The third-order valence-electron chi connectivity index (χ3n) is 6.29. The lowest BCUT2D eigenvalue weighted by Crippen LogP contribution is -2.36. The van der Waals surface area contributed by atoms with Crippen LogP contribution in [-0.2, 0) is 4.74 Å². The summed E-state index contributed by atoms with van der Waals surface area (Å²) in [5.41, 5.74) is 2.78. The van der Waals surface area contributed by atoms with E-state index in [0.29, 0.717) is 17.7 Å². The molecule has 6 heterocycles. The van der Waals surface area contributed by atoms with E-state index in [9.17, 15) is 0 Å². The number of hydrogen-bond donors (Lipinski definition) is 3. The van der Waals surface area contributed by atoms with Gasteiger partial charge in [-0.05, 0) is 37.2 Å². The van der Waals surface area contributed by atoms with Gasteiger partial charge in [0.2, 0.25) is 0 Å². The highest BCUT2D eigenvalue weighted by Crippen LogP contribution is 2.27. The topological polar surface area (TPSA) is 113 Å². The van der Waals surface area contributed by atoms with Crippen LogP contribution in [0.4, 0.5) is 23.1 Å². The van der Waals surface area contributed by atoms with Crippen molar-refractivity contribution in [3.63, 3.8) is 0 Å². The minimum Gasteiger partial charge on any atom is -0.378 e. The first-order valence-electron chi connectivity index (χ1n) is 11.9. The first-order chi connectivity index (χ1) is 17.3. The summed E-state index contributed by atoms with van der Waals surface area (Å²) in [6.45, 7) is 5.16. The van der Waals surface area contributed by atoms with Crippen molar-refractivity contribution >= 4 is 34.0 Å². The molecule has 35 heavy (non-hydrogen) atoms. The number of ether oxygens (including phenoxy) is 1. The molecule has 1 atom stereocenters. The Morgan fingerprint density at radius 2 is 1.83 bits per heavy atom. The van der Waals surface area contributed by atoms with E-state index in [2.05, 4.69) is 35.8 Å². The molecule has 2 aliphatic heterocycles. The predicted molar refractivity (Wildman–Crippen MR) is 136 cm³/mol. The molecule has 0 spiro atoms. The Balaban J connectivity index is 1.28. The van der Waals surface area contributed by atoms with Crippen LogP contribution in [0.15, 0.2) is 55.1 Å². The number of aromatic nitrogens is 5. The molecule has 2 saturated heterocycles.